The monoisotopic (exact) mass is 461 g/mol. The van der Waals surface area contributed by atoms with Crippen LogP contribution in [0.5, 0.6) is 5.75 Å². The van der Waals surface area contributed by atoms with E-state index >= 15 is 0 Å². The molecule has 0 atom stereocenters. The normalized spacial score (nSPS) is 14.0. The first-order valence-electron chi connectivity index (χ1n) is 8.27. The van der Waals surface area contributed by atoms with Gasteiger partial charge in [0.15, 0.2) is 0 Å². The number of nitro groups is 1. The average molecular weight is 461 g/mol. The lowest BCUT2D eigenvalue weighted by atomic mass is 9.93. The summed E-state index contributed by atoms with van der Waals surface area (Å²) < 4.78 is 6.78. The Morgan fingerprint density at radius 2 is 2.00 bits per heavy atom. The number of rotatable bonds is 3. The first-order chi connectivity index (χ1) is 12.6. The van der Waals surface area contributed by atoms with E-state index in [9.17, 15) is 15.2 Å². The molecule has 4 rings (SSSR count). The molecule has 132 valence electrons. The van der Waals surface area contributed by atoms with Crippen LogP contribution in [0.4, 0.5) is 11.4 Å². The van der Waals surface area contributed by atoms with Gasteiger partial charge in [-0.25, -0.2) is 0 Å². The number of aryl methyl sites for hydroxylation is 2. The molecular formula is C19H14IN2O4-. The minimum Gasteiger partial charge on any atom is -0.867 e. The smallest absolute Gasteiger partial charge is 0.266 e. The minimum atomic E-state index is -0.660. The summed E-state index contributed by atoms with van der Waals surface area (Å²) in [5.74, 6) is 0.210. The summed E-state index contributed by atoms with van der Waals surface area (Å²) in [4.78, 5) is 15.1. The number of nitrogens with zero attached hydrogens (tertiary/aromatic N) is 2. The molecule has 0 N–H and O–H groups in total. The molecule has 0 saturated heterocycles. The SMILES string of the molecule is O=[N+]([O-])c1cc2oc3c(c2c(C=Nc2ccccc2I)c1[O-])CCCC3. The Hall–Kier alpha value is -2.42. The Labute approximate surface area is 162 Å². The van der Waals surface area contributed by atoms with E-state index in [2.05, 4.69) is 27.6 Å². The van der Waals surface area contributed by atoms with Crippen molar-refractivity contribution in [3.8, 4) is 5.75 Å². The number of nitro benzene ring substituents is 1. The molecule has 1 aliphatic carbocycles. The Morgan fingerprint density at radius 1 is 1.23 bits per heavy atom. The van der Waals surface area contributed by atoms with Gasteiger partial charge in [-0.3, -0.25) is 15.1 Å². The lowest BCUT2D eigenvalue weighted by Crippen LogP contribution is -2.04. The van der Waals surface area contributed by atoms with Crippen LogP contribution in [-0.4, -0.2) is 11.1 Å². The molecule has 0 fully saturated rings. The molecule has 1 heterocycles. The molecule has 7 heteroatoms. The van der Waals surface area contributed by atoms with Gasteiger partial charge in [-0.15, -0.1) is 0 Å². The van der Waals surface area contributed by atoms with Crippen LogP contribution in [0.1, 0.15) is 29.7 Å². The number of halogens is 1. The van der Waals surface area contributed by atoms with Crippen LogP contribution in [0, 0.1) is 13.7 Å². The first-order valence-corrected chi connectivity index (χ1v) is 9.35. The van der Waals surface area contributed by atoms with Crippen LogP contribution in [0.15, 0.2) is 39.7 Å². The highest BCUT2D eigenvalue weighted by Crippen LogP contribution is 2.40. The van der Waals surface area contributed by atoms with Crippen molar-refractivity contribution in [2.45, 2.75) is 25.7 Å². The summed E-state index contributed by atoms with van der Waals surface area (Å²) in [5, 5.41) is 24.7. The first kappa shape index (κ1) is 17.0. The Morgan fingerprint density at radius 3 is 2.77 bits per heavy atom. The minimum absolute atomic E-state index is 0.237. The number of fused-ring (bicyclic) bond motifs is 3. The van der Waals surface area contributed by atoms with Crippen LogP contribution in [-0.2, 0) is 12.8 Å². The second kappa shape index (κ2) is 6.71. The van der Waals surface area contributed by atoms with Gasteiger partial charge in [-0.2, -0.15) is 0 Å². The number of hydrogen-bond donors (Lipinski definition) is 0. The summed E-state index contributed by atoms with van der Waals surface area (Å²) in [6.07, 6.45) is 5.08. The van der Waals surface area contributed by atoms with Gasteiger partial charge in [0, 0.05) is 32.7 Å². The largest absolute Gasteiger partial charge is 0.867 e. The zero-order chi connectivity index (χ0) is 18.3. The van der Waals surface area contributed by atoms with Crippen molar-refractivity contribution in [2.24, 2.45) is 4.99 Å². The predicted molar refractivity (Wildman–Crippen MR) is 105 cm³/mol. The van der Waals surface area contributed by atoms with Gasteiger partial charge in [0.25, 0.3) is 5.69 Å². The molecule has 26 heavy (non-hydrogen) atoms. The van der Waals surface area contributed by atoms with Crippen LogP contribution in [0.3, 0.4) is 0 Å². The van der Waals surface area contributed by atoms with Crippen molar-refractivity contribution >= 4 is 51.1 Å². The molecule has 0 amide bonds. The third-order valence-electron chi connectivity index (χ3n) is 4.59. The lowest BCUT2D eigenvalue weighted by molar-refractivity contribution is -0.398. The summed E-state index contributed by atoms with van der Waals surface area (Å²) in [6.45, 7) is 0. The van der Waals surface area contributed by atoms with Gasteiger partial charge in [0.2, 0.25) is 0 Å². The maximum absolute atomic E-state index is 12.7. The van der Waals surface area contributed by atoms with E-state index in [1.54, 1.807) is 0 Å². The molecular weight excluding hydrogens is 447 g/mol. The van der Waals surface area contributed by atoms with E-state index in [0.717, 1.165) is 40.6 Å². The maximum Gasteiger partial charge on any atom is 0.266 e. The maximum atomic E-state index is 12.7. The van der Waals surface area contributed by atoms with Crippen molar-refractivity contribution in [3.05, 3.63) is 60.9 Å². The molecule has 0 aliphatic heterocycles. The van der Waals surface area contributed by atoms with Crippen LogP contribution in [0.25, 0.3) is 11.0 Å². The van der Waals surface area contributed by atoms with E-state index in [1.807, 2.05) is 24.3 Å². The van der Waals surface area contributed by atoms with Crippen molar-refractivity contribution in [3.63, 3.8) is 0 Å². The fourth-order valence-corrected chi connectivity index (χ4v) is 3.90. The van der Waals surface area contributed by atoms with Crippen LogP contribution < -0.4 is 5.11 Å². The summed E-state index contributed by atoms with van der Waals surface area (Å²) in [6, 6.07) is 8.75. The Kier molecular flexibility index (Phi) is 4.39. The van der Waals surface area contributed by atoms with Crippen LogP contribution in [0.2, 0.25) is 0 Å². The van der Waals surface area contributed by atoms with Gasteiger partial charge in [0.1, 0.15) is 11.3 Å². The Balaban J connectivity index is 1.96. The van der Waals surface area contributed by atoms with Crippen molar-refractivity contribution in [1.29, 1.82) is 0 Å². The highest BCUT2D eigenvalue weighted by atomic mass is 127. The topological polar surface area (TPSA) is 91.7 Å². The van der Waals surface area contributed by atoms with Gasteiger partial charge in [-0.1, -0.05) is 12.1 Å². The van der Waals surface area contributed by atoms with E-state index in [0.29, 0.717) is 16.7 Å². The van der Waals surface area contributed by atoms with E-state index in [4.69, 9.17) is 4.42 Å². The van der Waals surface area contributed by atoms with Gasteiger partial charge < -0.3 is 9.52 Å². The zero-order valence-electron chi connectivity index (χ0n) is 13.7. The quantitative estimate of drug-likeness (QED) is 0.246. The Bertz CT molecular complexity index is 1060. The van der Waals surface area contributed by atoms with Gasteiger partial charge in [0.05, 0.1) is 16.7 Å². The van der Waals surface area contributed by atoms with Crippen molar-refractivity contribution in [1.82, 2.24) is 0 Å². The van der Waals surface area contributed by atoms with Crippen LogP contribution >= 0.6 is 22.6 Å². The van der Waals surface area contributed by atoms with Gasteiger partial charge in [-0.05, 0) is 59.7 Å². The molecule has 2 aromatic carbocycles. The van der Waals surface area contributed by atoms with E-state index in [-0.39, 0.29) is 5.56 Å². The third-order valence-corrected chi connectivity index (χ3v) is 5.51. The highest BCUT2D eigenvalue weighted by molar-refractivity contribution is 14.1. The third kappa shape index (κ3) is 2.86. The standard InChI is InChI=1S/C19H15IN2O4/c20-13-6-2-3-7-14(13)21-10-12-18-11-5-1-4-8-16(11)26-17(18)9-15(19(12)23)22(24)25/h2-3,6-7,9-10,23H,1,4-5,8H2/p-1. The van der Waals surface area contributed by atoms with Crippen molar-refractivity contribution < 1.29 is 14.4 Å². The van der Waals surface area contributed by atoms with Crippen molar-refractivity contribution in [2.75, 3.05) is 0 Å². The molecule has 1 aliphatic rings. The molecule has 1 aromatic heterocycles. The van der Waals surface area contributed by atoms with E-state index < -0.39 is 16.4 Å². The summed E-state index contributed by atoms with van der Waals surface area (Å²) in [5.41, 5.74) is 1.85. The zero-order valence-corrected chi connectivity index (χ0v) is 15.9. The second-order valence-corrected chi connectivity index (χ2v) is 7.35. The average Bonchev–Trinajstić information content (AvgIpc) is 3.00. The lowest BCUT2D eigenvalue weighted by Gasteiger charge is -2.14. The molecule has 0 spiro atoms. The fourth-order valence-electron chi connectivity index (χ4n) is 3.37. The number of benzene rings is 2. The molecule has 0 bridgehead atoms. The molecule has 3 aromatic rings. The number of aliphatic imine (C=N–C) groups is 1. The fraction of sp³-hybridized carbons (Fsp3) is 0.211. The molecule has 0 saturated carbocycles. The predicted octanol–water partition coefficient (Wildman–Crippen LogP) is 4.65. The number of para-hydroxylation sites is 1. The number of furan rings is 1. The second-order valence-electron chi connectivity index (χ2n) is 6.19. The highest BCUT2D eigenvalue weighted by Gasteiger charge is 2.24. The molecule has 0 unspecified atom stereocenters. The molecule has 6 nitrogen and oxygen atoms in total. The number of hydrogen-bond acceptors (Lipinski definition) is 5. The summed E-state index contributed by atoms with van der Waals surface area (Å²) >= 11 is 2.16. The van der Waals surface area contributed by atoms with Gasteiger partial charge >= 0.3 is 0 Å². The molecule has 0 radical (unpaired) electrons. The van der Waals surface area contributed by atoms with E-state index in [1.165, 1.54) is 12.3 Å². The summed E-state index contributed by atoms with van der Waals surface area (Å²) in [7, 11) is 0.